The van der Waals surface area contributed by atoms with Gasteiger partial charge in [0, 0.05) is 42.8 Å². The topological polar surface area (TPSA) is 63.4 Å². The van der Waals surface area contributed by atoms with Gasteiger partial charge in [-0.1, -0.05) is 0 Å². The van der Waals surface area contributed by atoms with E-state index in [4.69, 9.17) is 10.5 Å². The number of aromatic nitrogens is 1. The van der Waals surface area contributed by atoms with E-state index in [1.54, 1.807) is 6.20 Å². The number of rotatable bonds is 5. The van der Waals surface area contributed by atoms with Gasteiger partial charge in [0.15, 0.2) is 0 Å². The van der Waals surface area contributed by atoms with Crippen LogP contribution in [0.5, 0.6) is 0 Å². The van der Waals surface area contributed by atoms with Gasteiger partial charge in [-0.15, -0.1) is 0 Å². The van der Waals surface area contributed by atoms with Crippen molar-refractivity contribution in [2.24, 2.45) is 0 Å². The van der Waals surface area contributed by atoms with Crippen molar-refractivity contribution in [2.45, 2.75) is 31.8 Å². The lowest BCUT2D eigenvalue weighted by molar-refractivity contribution is -0.0223. The van der Waals surface area contributed by atoms with Crippen molar-refractivity contribution in [2.75, 3.05) is 39.1 Å². The molecule has 0 aromatic carbocycles. The Labute approximate surface area is 121 Å². The highest BCUT2D eigenvalue weighted by Gasteiger charge is 2.35. The maximum absolute atomic E-state index is 6.04. The van der Waals surface area contributed by atoms with Gasteiger partial charge in [0.05, 0.1) is 13.2 Å². The molecule has 3 N–H and O–H groups in total. The van der Waals surface area contributed by atoms with Crippen LogP contribution in [-0.4, -0.2) is 54.8 Å². The van der Waals surface area contributed by atoms with Gasteiger partial charge >= 0.3 is 0 Å². The second-order valence-electron chi connectivity index (χ2n) is 5.87. The van der Waals surface area contributed by atoms with Gasteiger partial charge in [0.25, 0.3) is 0 Å². The summed E-state index contributed by atoms with van der Waals surface area (Å²) < 4.78 is 5.45. The Kier molecular flexibility index (Phi) is 4.96. The van der Waals surface area contributed by atoms with Crippen molar-refractivity contribution in [3.63, 3.8) is 0 Å². The quantitative estimate of drug-likeness (QED) is 0.838. The number of nitrogen functional groups attached to an aromatic ring is 1. The number of hydrogen-bond acceptors (Lipinski definition) is 5. The first-order valence-electron chi connectivity index (χ1n) is 7.24. The summed E-state index contributed by atoms with van der Waals surface area (Å²) in [6.45, 7) is 8.16. The Morgan fingerprint density at radius 1 is 1.45 bits per heavy atom. The van der Waals surface area contributed by atoms with Crippen LogP contribution in [0.3, 0.4) is 0 Å². The zero-order valence-electron chi connectivity index (χ0n) is 12.7. The van der Waals surface area contributed by atoms with Crippen molar-refractivity contribution in [3.8, 4) is 0 Å². The van der Waals surface area contributed by atoms with E-state index in [1.165, 1.54) is 0 Å². The fourth-order valence-electron chi connectivity index (χ4n) is 2.89. The Morgan fingerprint density at radius 3 is 2.75 bits per heavy atom. The molecule has 1 atom stereocenters. The lowest BCUT2D eigenvalue weighted by Gasteiger charge is -2.46. The lowest BCUT2D eigenvalue weighted by atomic mass is 9.87. The summed E-state index contributed by atoms with van der Waals surface area (Å²) in [7, 11) is 2.01. The van der Waals surface area contributed by atoms with Crippen LogP contribution < -0.4 is 11.1 Å². The Bertz CT molecular complexity index is 430. The average Bonchev–Trinajstić information content (AvgIpc) is 2.47. The van der Waals surface area contributed by atoms with Crippen LogP contribution >= 0.6 is 0 Å². The molecule has 112 valence electrons. The van der Waals surface area contributed by atoms with Gasteiger partial charge < -0.3 is 15.8 Å². The first-order chi connectivity index (χ1) is 9.55. The van der Waals surface area contributed by atoms with E-state index in [0.717, 1.165) is 44.0 Å². The predicted molar refractivity (Wildman–Crippen MR) is 81.7 cm³/mol. The smallest absolute Gasteiger partial charge is 0.0594 e. The Balaban J connectivity index is 2.12. The molecule has 1 aromatic heterocycles. The summed E-state index contributed by atoms with van der Waals surface area (Å²) in [6.07, 6.45) is 4.48. The molecule has 2 rings (SSSR count). The molecular weight excluding hydrogens is 252 g/mol. The molecule has 1 aliphatic heterocycles. The van der Waals surface area contributed by atoms with Crippen LogP contribution in [0.1, 0.15) is 19.4 Å². The SMILES string of the molecule is CNC(Cc1cnccc1N)C(C)(C)N1CCOCC1. The molecule has 1 saturated heterocycles. The summed E-state index contributed by atoms with van der Waals surface area (Å²) in [5.74, 6) is 0. The first-order valence-corrected chi connectivity index (χ1v) is 7.24. The zero-order valence-corrected chi connectivity index (χ0v) is 12.7. The molecule has 0 saturated carbocycles. The van der Waals surface area contributed by atoms with Crippen LogP contribution in [0.2, 0.25) is 0 Å². The summed E-state index contributed by atoms with van der Waals surface area (Å²) >= 11 is 0. The maximum Gasteiger partial charge on any atom is 0.0594 e. The molecule has 1 unspecified atom stereocenters. The monoisotopic (exact) mass is 278 g/mol. The molecule has 0 radical (unpaired) electrons. The second kappa shape index (κ2) is 6.52. The maximum atomic E-state index is 6.04. The van der Waals surface area contributed by atoms with Crippen molar-refractivity contribution in [1.82, 2.24) is 15.2 Å². The summed E-state index contributed by atoms with van der Waals surface area (Å²) in [5.41, 5.74) is 8.01. The van der Waals surface area contributed by atoms with E-state index >= 15 is 0 Å². The molecule has 0 spiro atoms. The predicted octanol–water partition coefficient (Wildman–Crippen LogP) is 0.905. The molecule has 0 aliphatic carbocycles. The third kappa shape index (κ3) is 3.29. The fraction of sp³-hybridized carbons (Fsp3) is 0.667. The van der Waals surface area contributed by atoms with E-state index in [1.807, 2.05) is 19.3 Å². The molecule has 1 aromatic rings. The minimum atomic E-state index is 0.0425. The number of nitrogens with two attached hydrogens (primary N) is 1. The molecule has 1 fully saturated rings. The first kappa shape index (κ1) is 15.2. The van der Waals surface area contributed by atoms with Gasteiger partial charge in [0.2, 0.25) is 0 Å². The molecule has 1 aliphatic rings. The third-order valence-electron chi connectivity index (χ3n) is 4.39. The van der Waals surface area contributed by atoms with Crippen LogP contribution in [0.25, 0.3) is 0 Å². The molecule has 5 nitrogen and oxygen atoms in total. The van der Waals surface area contributed by atoms with Crippen LogP contribution in [0.4, 0.5) is 5.69 Å². The van der Waals surface area contributed by atoms with E-state index in [-0.39, 0.29) is 5.54 Å². The normalized spacial score (nSPS) is 18.9. The summed E-state index contributed by atoms with van der Waals surface area (Å²) in [5, 5.41) is 3.45. The second-order valence-corrected chi connectivity index (χ2v) is 5.87. The van der Waals surface area contributed by atoms with Crippen molar-refractivity contribution < 1.29 is 4.74 Å². The van der Waals surface area contributed by atoms with Gasteiger partial charge in [0.1, 0.15) is 0 Å². The van der Waals surface area contributed by atoms with Gasteiger partial charge in [-0.2, -0.15) is 0 Å². The van der Waals surface area contributed by atoms with E-state index in [9.17, 15) is 0 Å². The lowest BCUT2D eigenvalue weighted by Crippen LogP contribution is -2.60. The summed E-state index contributed by atoms with van der Waals surface area (Å²) in [6, 6.07) is 2.18. The molecule has 0 amide bonds. The van der Waals surface area contributed by atoms with Crippen LogP contribution in [0, 0.1) is 0 Å². The van der Waals surface area contributed by atoms with Crippen molar-refractivity contribution in [3.05, 3.63) is 24.0 Å². The minimum absolute atomic E-state index is 0.0425. The Hall–Kier alpha value is -1.17. The highest BCUT2D eigenvalue weighted by molar-refractivity contribution is 5.44. The van der Waals surface area contributed by atoms with Gasteiger partial charge in [-0.05, 0) is 38.9 Å². The Morgan fingerprint density at radius 2 is 2.15 bits per heavy atom. The largest absolute Gasteiger partial charge is 0.398 e. The minimum Gasteiger partial charge on any atom is -0.398 e. The van der Waals surface area contributed by atoms with Crippen LogP contribution in [-0.2, 0) is 11.2 Å². The van der Waals surface area contributed by atoms with Gasteiger partial charge in [-0.25, -0.2) is 0 Å². The van der Waals surface area contributed by atoms with E-state index in [2.05, 4.69) is 29.0 Å². The van der Waals surface area contributed by atoms with Crippen LogP contribution in [0.15, 0.2) is 18.5 Å². The molecule has 0 bridgehead atoms. The van der Waals surface area contributed by atoms with Gasteiger partial charge in [-0.3, -0.25) is 9.88 Å². The molecular formula is C15H26N4O. The number of ether oxygens (including phenoxy) is 1. The molecule has 2 heterocycles. The summed E-state index contributed by atoms with van der Waals surface area (Å²) in [4.78, 5) is 6.68. The number of nitrogens with zero attached hydrogens (tertiary/aromatic N) is 2. The van der Waals surface area contributed by atoms with Crippen molar-refractivity contribution >= 4 is 5.69 Å². The number of nitrogens with one attached hydrogen (secondary N) is 1. The standard InChI is InChI=1S/C15H26N4O/c1-15(2,19-6-8-20-9-7-19)14(17-3)10-12-11-18-5-4-13(12)16/h4-5,11,14,17H,6-10H2,1-3H3,(H2,16,18). The van der Waals surface area contributed by atoms with Crippen molar-refractivity contribution in [1.29, 1.82) is 0 Å². The number of hydrogen-bond donors (Lipinski definition) is 2. The zero-order chi connectivity index (χ0) is 14.6. The highest BCUT2D eigenvalue weighted by atomic mass is 16.5. The molecule has 20 heavy (non-hydrogen) atoms. The fourth-order valence-corrected chi connectivity index (χ4v) is 2.89. The average molecular weight is 278 g/mol. The highest BCUT2D eigenvalue weighted by Crippen LogP contribution is 2.24. The number of anilines is 1. The molecule has 5 heteroatoms. The number of pyridine rings is 1. The number of likely N-dealkylation sites (N-methyl/N-ethyl adjacent to an activating group) is 1. The number of morpholine rings is 1. The third-order valence-corrected chi connectivity index (χ3v) is 4.39. The van der Waals surface area contributed by atoms with E-state index < -0.39 is 0 Å². The van der Waals surface area contributed by atoms with E-state index in [0.29, 0.717) is 6.04 Å².